The van der Waals surface area contributed by atoms with Crippen LogP contribution in [-0.4, -0.2) is 21.8 Å². The van der Waals surface area contributed by atoms with Gasteiger partial charge in [-0.15, -0.1) is 0 Å². The zero-order valence-electron chi connectivity index (χ0n) is 11.7. The maximum absolute atomic E-state index is 5.90. The maximum atomic E-state index is 5.90. The molecule has 0 amide bonds. The number of benzene rings is 1. The highest BCUT2D eigenvalue weighted by Crippen LogP contribution is 2.24. The highest BCUT2D eigenvalue weighted by molar-refractivity contribution is 7.80. The molecule has 0 aliphatic carbocycles. The largest absolute Gasteiger partial charge is 0.389 e. The molecule has 1 aromatic carbocycles. The molecular weight excluding hydrogens is 292 g/mol. The second-order valence-electron chi connectivity index (χ2n) is 4.75. The molecule has 1 aromatic heterocycles. The molecule has 0 radical (unpaired) electrons. The van der Waals surface area contributed by atoms with E-state index in [4.69, 9.17) is 29.6 Å². The van der Waals surface area contributed by atoms with Crippen molar-refractivity contribution in [2.45, 2.75) is 13.5 Å². The lowest BCUT2D eigenvalue weighted by molar-refractivity contribution is 0.726. The minimum Gasteiger partial charge on any atom is -0.389 e. The van der Waals surface area contributed by atoms with Crippen molar-refractivity contribution in [3.8, 4) is 0 Å². The van der Waals surface area contributed by atoms with Crippen LogP contribution in [0, 0.1) is 6.92 Å². The summed E-state index contributed by atoms with van der Waals surface area (Å²) in [6.07, 6.45) is 0. The van der Waals surface area contributed by atoms with E-state index in [1.165, 1.54) is 0 Å². The van der Waals surface area contributed by atoms with Crippen molar-refractivity contribution >= 4 is 34.6 Å². The van der Waals surface area contributed by atoms with Crippen molar-refractivity contribution in [2.75, 3.05) is 11.9 Å². The number of nitrogens with zero attached hydrogens (tertiary/aromatic N) is 3. The van der Waals surface area contributed by atoms with Crippen LogP contribution in [0.2, 0.25) is 5.02 Å². The number of halogens is 1. The first-order valence-corrected chi connectivity index (χ1v) is 6.97. The summed E-state index contributed by atoms with van der Waals surface area (Å²) in [6.45, 7) is 2.64. The van der Waals surface area contributed by atoms with Crippen molar-refractivity contribution in [2.24, 2.45) is 12.8 Å². The minimum absolute atomic E-state index is 0.369. The molecule has 4 nitrogen and oxygen atoms in total. The first-order valence-electron chi connectivity index (χ1n) is 6.19. The smallest absolute Gasteiger partial charge is 0.137 e. The van der Waals surface area contributed by atoms with E-state index in [9.17, 15) is 0 Å². The van der Waals surface area contributed by atoms with Crippen LogP contribution in [0.4, 0.5) is 5.82 Å². The van der Waals surface area contributed by atoms with Crippen LogP contribution < -0.4 is 10.6 Å². The Kier molecular flexibility index (Phi) is 4.30. The number of thiocarbonyl (C=S) groups is 1. The van der Waals surface area contributed by atoms with Gasteiger partial charge in [0.15, 0.2) is 0 Å². The van der Waals surface area contributed by atoms with Crippen LogP contribution in [0.15, 0.2) is 24.3 Å². The van der Waals surface area contributed by atoms with Gasteiger partial charge in [0.25, 0.3) is 0 Å². The molecule has 0 fully saturated rings. The van der Waals surface area contributed by atoms with E-state index in [1.807, 2.05) is 45.3 Å². The Morgan fingerprint density at radius 2 is 2.00 bits per heavy atom. The summed E-state index contributed by atoms with van der Waals surface area (Å²) < 4.78 is 1.81. The molecule has 1 heterocycles. The number of hydrogen-bond donors (Lipinski definition) is 1. The van der Waals surface area contributed by atoms with Gasteiger partial charge in [0.2, 0.25) is 0 Å². The van der Waals surface area contributed by atoms with E-state index in [1.54, 1.807) is 4.68 Å². The Bertz CT molecular complexity index is 633. The fraction of sp³-hybridized carbons (Fsp3) is 0.286. The fourth-order valence-corrected chi connectivity index (χ4v) is 2.68. The Hall–Kier alpha value is -1.59. The molecule has 0 unspecified atom stereocenters. The van der Waals surface area contributed by atoms with Crippen LogP contribution in [0.25, 0.3) is 0 Å². The van der Waals surface area contributed by atoms with Gasteiger partial charge in [-0.3, -0.25) is 4.68 Å². The summed E-state index contributed by atoms with van der Waals surface area (Å²) in [4.78, 5) is 2.45. The van der Waals surface area contributed by atoms with E-state index in [-0.39, 0.29) is 0 Å². The number of anilines is 1. The summed E-state index contributed by atoms with van der Waals surface area (Å²) in [5.74, 6) is 0.921. The lowest BCUT2D eigenvalue weighted by Gasteiger charge is -2.21. The quantitative estimate of drug-likeness (QED) is 0.882. The van der Waals surface area contributed by atoms with Crippen molar-refractivity contribution in [3.63, 3.8) is 0 Å². The molecular formula is C14H17ClN4S. The number of hydrogen-bond acceptors (Lipinski definition) is 3. The molecule has 106 valence electrons. The zero-order valence-corrected chi connectivity index (χ0v) is 13.3. The standard InChI is InChI=1S/C14H17ClN4S/c1-9-12(13(16)20)14(19(3)17-9)18(2)8-10-4-6-11(15)7-5-10/h4-7H,8H2,1-3H3,(H2,16,20). The van der Waals surface area contributed by atoms with E-state index >= 15 is 0 Å². The number of rotatable bonds is 4. The summed E-state index contributed by atoms with van der Waals surface area (Å²) in [7, 11) is 3.88. The van der Waals surface area contributed by atoms with Gasteiger partial charge in [-0.2, -0.15) is 5.10 Å². The molecule has 0 spiro atoms. The van der Waals surface area contributed by atoms with Crippen LogP contribution >= 0.6 is 23.8 Å². The predicted octanol–water partition coefficient (Wildman–Crippen LogP) is 2.65. The molecule has 0 saturated heterocycles. The summed E-state index contributed by atoms with van der Waals surface area (Å²) in [5, 5.41) is 5.13. The van der Waals surface area contributed by atoms with Crippen molar-refractivity contribution in [1.82, 2.24) is 9.78 Å². The molecule has 6 heteroatoms. The zero-order chi connectivity index (χ0) is 14.9. The lowest BCUT2D eigenvalue weighted by Crippen LogP contribution is -2.23. The van der Waals surface area contributed by atoms with Gasteiger partial charge < -0.3 is 10.6 Å². The van der Waals surface area contributed by atoms with Gasteiger partial charge in [-0.05, 0) is 24.6 Å². The highest BCUT2D eigenvalue weighted by atomic mass is 35.5. The van der Waals surface area contributed by atoms with E-state index < -0.39 is 0 Å². The molecule has 2 rings (SSSR count). The van der Waals surface area contributed by atoms with Gasteiger partial charge in [-0.25, -0.2) is 0 Å². The van der Waals surface area contributed by atoms with E-state index in [0.29, 0.717) is 4.99 Å². The predicted molar refractivity (Wildman–Crippen MR) is 87.4 cm³/mol. The molecule has 0 aliphatic rings. The average molecular weight is 309 g/mol. The molecule has 0 atom stereocenters. The maximum Gasteiger partial charge on any atom is 0.137 e. The Morgan fingerprint density at radius 1 is 1.40 bits per heavy atom. The summed E-state index contributed by atoms with van der Waals surface area (Å²) >= 11 is 11.0. The topological polar surface area (TPSA) is 47.1 Å². The SMILES string of the molecule is Cc1nn(C)c(N(C)Cc2ccc(Cl)cc2)c1C(N)=S. The first-order chi connectivity index (χ1) is 9.40. The number of aromatic nitrogens is 2. The van der Waals surface area contributed by atoms with Gasteiger partial charge >= 0.3 is 0 Å². The molecule has 2 N–H and O–H groups in total. The lowest BCUT2D eigenvalue weighted by atomic mass is 10.2. The summed E-state index contributed by atoms with van der Waals surface area (Å²) in [6, 6.07) is 7.77. The monoisotopic (exact) mass is 308 g/mol. The Labute approximate surface area is 129 Å². The van der Waals surface area contributed by atoms with Crippen LogP contribution in [-0.2, 0) is 13.6 Å². The molecule has 0 aliphatic heterocycles. The molecule has 20 heavy (non-hydrogen) atoms. The normalized spacial score (nSPS) is 10.6. The average Bonchev–Trinajstić information content (AvgIpc) is 2.67. The van der Waals surface area contributed by atoms with Crippen molar-refractivity contribution in [1.29, 1.82) is 0 Å². The van der Waals surface area contributed by atoms with Gasteiger partial charge in [0.1, 0.15) is 10.8 Å². The minimum atomic E-state index is 0.369. The van der Waals surface area contributed by atoms with Crippen molar-refractivity contribution in [3.05, 3.63) is 46.1 Å². The number of aryl methyl sites for hydroxylation is 2. The van der Waals surface area contributed by atoms with E-state index in [2.05, 4.69) is 10.00 Å². The molecule has 2 aromatic rings. The number of nitrogens with two attached hydrogens (primary N) is 1. The van der Waals surface area contributed by atoms with Crippen LogP contribution in [0.3, 0.4) is 0 Å². The third-order valence-electron chi connectivity index (χ3n) is 3.13. The van der Waals surface area contributed by atoms with Gasteiger partial charge in [0, 0.05) is 25.7 Å². The second-order valence-corrected chi connectivity index (χ2v) is 5.63. The van der Waals surface area contributed by atoms with E-state index in [0.717, 1.165) is 34.2 Å². The van der Waals surface area contributed by atoms with Crippen LogP contribution in [0.1, 0.15) is 16.8 Å². The third-order valence-corrected chi connectivity index (χ3v) is 3.59. The van der Waals surface area contributed by atoms with Crippen molar-refractivity contribution < 1.29 is 0 Å². The third kappa shape index (κ3) is 2.94. The Morgan fingerprint density at radius 3 is 2.55 bits per heavy atom. The molecule has 0 saturated carbocycles. The summed E-state index contributed by atoms with van der Waals surface area (Å²) in [5.41, 5.74) is 8.65. The highest BCUT2D eigenvalue weighted by Gasteiger charge is 2.19. The molecule has 0 bridgehead atoms. The fourth-order valence-electron chi connectivity index (χ4n) is 2.31. The second kappa shape index (κ2) is 5.81. The van der Waals surface area contributed by atoms with Gasteiger partial charge in [0.05, 0.1) is 11.3 Å². The van der Waals surface area contributed by atoms with Gasteiger partial charge in [-0.1, -0.05) is 36.0 Å². The first kappa shape index (κ1) is 14.8. The Balaban J connectivity index is 2.31. The van der Waals surface area contributed by atoms with Crippen LogP contribution in [0.5, 0.6) is 0 Å².